The number of amides is 1. The molecule has 0 fully saturated rings. The molecule has 0 radical (unpaired) electrons. The second-order valence-electron chi connectivity index (χ2n) is 3.96. The highest BCUT2D eigenvalue weighted by atomic mass is 35.5. The lowest BCUT2D eigenvalue weighted by Crippen LogP contribution is -2.28. The molecule has 4 nitrogen and oxygen atoms in total. The van der Waals surface area contributed by atoms with Crippen molar-refractivity contribution in [2.75, 3.05) is 13.2 Å². The van der Waals surface area contributed by atoms with E-state index in [0.717, 1.165) is 6.42 Å². The van der Waals surface area contributed by atoms with Crippen LogP contribution in [0.4, 0.5) is 0 Å². The minimum Gasteiger partial charge on any atom is -0.452 e. The van der Waals surface area contributed by atoms with Gasteiger partial charge in [0.1, 0.15) is 0 Å². The molecule has 1 N–H and O–H groups in total. The summed E-state index contributed by atoms with van der Waals surface area (Å²) < 4.78 is 4.78. The van der Waals surface area contributed by atoms with Crippen LogP contribution < -0.4 is 5.32 Å². The van der Waals surface area contributed by atoms with Crippen LogP contribution in [0, 0.1) is 0 Å². The minimum atomic E-state index is -0.609. The monoisotopic (exact) mass is 315 g/mol. The zero-order valence-corrected chi connectivity index (χ0v) is 12.5. The molecule has 0 atom stereocenters. The highest BCUT2D eigenvalue weighted by Gasteiger charge is 2.04. The second kappa shape index (κ2) is 8.61. The van der Waals surface area contributed by atoms with Gasteiger partial charge in [0, 0.05) is 22.7 Å². The Morgan fingerprint density at radius 3 is 2.75 bits per heavy atom. The predicted molar refractivity (Wildman–Crippen MR) is 79.8 cm³/mol. The Hall–Kier alpha value is -1.52. The molecule has 1 aromatic rings. The van der Waals surface area contributed by atoms with Crippen LogP contribution in [0.1, 0.15) is 18.9 Å². The summed E-state index contributed by atoms with van der Waals surface area (Å²) in [4.78, 5) is 22.6. The van der Waals surface area contributed by atoms with Gasteiger partial charge < -0.3 is 10.1 Å². The molecule has 20 heavy (non-hydrogen) atoms. The quantitative estimate of drug-likeness (QED) is 0.648. The molecule has 0 aliphatic rings. The van der Waals surface area contributed by atoms with Crippen molar-refractivity contribution in [2.45, 2.75) is 13.3 Å². The van der Waals surface area contributed by atoms with E-state index in [4.69, 9.17) is 27.9 Å². The first-order valence-corrected chi connectivity index (χ1v) is 6.85. The molecule has 0 aromatic heterocycles. The van der Waals surface area contributed by atoms with Gasteiger partial charge in [-0.1, -0.05) is 36.2 Å². The van der Waals surface area contributed by atoms with Gasteiger partial charge >= 0.3 is 5.97 Å². The van der Waals surface area contributed by atoms with Gasteiger partial charge in [-0.15, -0.1) is 0 Å². The Bertz CT molecular complexity index is 515. The number of halogens is 2. The van der Waals surface area contributed by atoms with Crippen molar-refractivity contribution in [3.63, 3.8) is 0 Å². The standard InChI is InChI=1S/C14H15Cl2NO3/c1-2-7-17-13(18)9-20-14(19)6-4-10-3-5-11(15)8-12(10)16/h3-6,8H,2,7,9H2,1H3,(H,17,18)/b6-4+. The fraction of sp³-hybridized carbons (Fsp3) is 0.286. The number of benzene rings is 1. The molecule has 1 aromatic carbocycles. The summed E-state index contributed by atoms with van der Waals surface area (Å²) in [6.07, 6.45) is 3.54. The summed E-state index contributed by atoms with van der Waals surface area (Å²) in [7, 11) is 0. The van der Waals surface area contributed by atoms with E-state index < -0.39 is 5.97 Å². The molecule has 0 heterocycles. The van der Waals surface area contributed by atoms with Gasteiger partial charge in [0.15, 0.2) is 6.61 Å². The van der Waals surface area contributed by atoms with Crippen molar-refractivity contribution in [1.29, 1.82) is 0 Å². The SMILES string of the molecule is CCCNC(=O)COC(=O)/C=C/c1ccc(Cl)cc1Cl. The van der Waals surface area contributed by atoms with Crippen molar-refractivity contribution >= 4 is 41.2 Å². The van der Waals surface area contributed by atoms with Gasteiger partial charge in [0.2, 0.25) is 0 Å². The van der Waals surface area contributed by atoms with Crippen LogP contribution in [-0.4, -0.2) is 25.0 Å². The summed E-state index contributed by atoms with van der Waals surface area (Å²) in [5.41, 5.74) is 0.642. The van der Waals surface area contributed by atoms with Crippen LogP contribution in [0.5, 0.6) is 0 Å². The summed E-state index contributed by atoms with van der Waals surface area (Å²) in [6.45, 7) is 2.20. The lowest BCUT2D eigenvalue weighted by atomic mass is 10.2. The molecule has 0 bridgehead atoms. The normalized spacial score (nSPS) is 10.6. The second-order valence-corrected chi connectivity index (χ2v) is 4.80. The number of carbonyl (C=O) groups is 2. The maximum Gasteiger partial charge on any atom is 0.331 e. The Labute approximate surface area is 127 Å². The maximum absolute atomic E-state index is 11.4. The van der Waals surface area contributed by atoms with Gasteiger partial charge in [0.25, 0.3) is 5.91 Å². The number of hydrogen-bond donors (Lipinski definition) is 1. The highest BCUT2D eigenvalue weighted by Crippen LogP contribution is 2.21. The molecular weight excluding hydrogens is 301 g/mol. The first kappa shape index (κ1) is 16.5. The first-order valence-electron chi connectivity index (χ1n) is 6.09. The molecule has 0 aliphatic carbocycles. The smallest absolute Gasteiger partial charge is 0.331 e. The van der Waals surface area contributed by atoms with E-state index >= 15 is 0 Å². The summed E-state index contributed by atoms with van der Waals surface area (Å²) in [6, 6.07) is 4.92. The lowest BCUT2D eigenvalue weighted by Gasteiger charge is -2.03. The predicted octanol–water partition coefficient (Wildman–Crippen LogP) is 3.08. The third kappa shape index (κ3) is 6.08. The van der Waals surface area contributed by atoms with E-state index in [1.165, 1.54) is 12.2 Å². The van der Waals surface area contributed by atoms with E-state index in [1.807, 2.05) is 6.92 Å². The summed E-state index contributed by atoms with van der Waals surface area (Å²) in [5.74, 6) is -0.930. The minimum absolute atomic E-state index is 0.294. The molecule has 0 aliphatic heterocycles. The molecule has 1 rings (SSSR count). The molecule has 0 saturated carbocycles. The van der Waals surface area contributed by atoms with Gasteiger partial charge in [-0.25, -0.2) is 4.79 Å². The summed E-state index contributed by atoms with van der Waals surface area (Å²) in [5, 5.41) is 3.55. The molecule has 1 amide bonds. The Morgan fingerprint density at radius 2 is 2.10 bits per heavy atom. The molecule has 6 heteroatoms. The molecule has 0 unspecified atom stereocenters. The first-order chi connectivity index (χ1) is 9.52. The number of nitrogens with one attached hydrogen (secondary N) is 1. The Morgan fingerprint density at radius 1 is 1.35 bits per heavy atom. The molecule has 0 spiro atoms. The number of ether oxygens (including phenoxy) is 1. The Kier molecular flexibility index (Phi) is 7.12. The van der Waals surface area contributed by atoms with Crippen LogP contribution in [0.25, 0.3) is 6.08 Å². The van der Waals surface area contributed by atoms with E-state index in [2.05, 4.69) is 5.32 Å². The topological polar surface area (TPSA) is 55.4 Å². The van der Waals surface area contributed by atoms with Crippen LogP contribution in [0.3, 0.4) is 0 Å². The van der Waals surface area contributed by atoms with E-state index in [1.54, 1.807) is 18.2 Å². The van der Waals surface area contributed by atoms with Gasteiger partial charge in [-0.05, 0) is 30.2 Å². The third-order valence-corrected chi connectivity index (χ3v) is 2.84. The fourth-order valence-corrected chi connectivity index (χ4v) is 1.77. The van der Waals surface area contributed by atoms with Gasteiger partial charge in [-0.3, -0.25) is 4.79 Å². The fourth-order valence-electron chi connectivity index (χ4n) is 1.29. The molecule has 0 saturated heterocycles. The highest BCUT2D eigenvalue weighted by molar-refractivity contribution is 6.35. The van der Waals surface area contributed by atoms with Gasteiger partial charge in [-0.2, -0.15) is 0 Å². The van der Waals surface area contributed by atoms with E-state index in [9.17, 15) is 9.59 Å². The average Bonchev–Trinajstić information content (AvgIpc) is 2.41. The van der Waals surface area contributed by atoms with Gasteiger partial charge in [0.05, 0.1) is 0 Å². The molecular formula is C14H15Cl2NO3. The zero-order chi connectivity index (χ0) is 15.0. The largest absolute Gasteiger partial charge is 0.452 e. The van der Waals surface area contributed by atoms with Crippen molar-refractivity contribution in [1.82, 2.24) is 5.32 Å². The van der Waals surface area contributed by atoms with Crippen molar-refractivity contribution in [2.24, 2.45) is 0 Å². The number of carbonyl (C=O) groups excluding carboxylic acids is 2. The van der Waals surface area contributed by atoms with Crippen LogP contribution in [0.2, 0.25) is 10.0 Å². The zero-order valence-electron chi connectivity index (χ0n) is 11.0. The summed E-state index contributed by atoms with van der Waals surface area (Å²) >= 11 is 11.7. The average molecular weight is 316 g/mol. The van der Waals surface area contributed by atoms with E-state index in [-0.39, 0.29) is 12.5 Å². The van der Waals surface area contributed by atoms with Crippen LogP contribution in [-0.2, 0) is 14.3 Å². The van der Waals surface area contributed by atoms with Crippen molar-refractivity contribution < 1.29 is 14.3 Å². The van der Waals surface area contributed by atoms with E-state index in [0.29, 0.717) is 22.2 Å². The number of rotatable bonds is 6. The number of esters is 1. The maximum atomic E-state index is 11.4. The number of hydrogen-bond acceptors (Lipinski definition) is 3. The van der Waals surface area contributed by atoms with Crippen LogP contribution in [0.15, 0.2) is 24.3 Å². The van der Waals surface area contributed by atoms with Crippen molar-refractivity contribution in [3.05, 3.63) is 39.9 Å². The third-order valence-electron chi connectivity index (χ3n) is 2.28. The lowest BCUT2D eigenvalue weighted by molar-refractivity contribution is -0.143. The van der Waals surface area contributed by atoms with Crippen molar-refractivity contribution in [3.8, 4) is 0 Å². The molecule has 108 valence electrons. The van der Waals surface area contributed by atoms with Crippen LogP contribution >= 0.6 is 23.2 Å². The Balaban J connectivity index is 2.45.